The summed E-state index contributed by atoms with van der Waals surface area (Å²) in [5, 5.41) is 16.5. The molecule has 1 aromatic carbocycles. The molecule has 0 aliphatic carbocycles. The van der Waals surface area contributed by atoms with Crippen LogP contribution in [0.1, 0.15) is 16.1 Å². The summed E-state index contributed by atoms with van der Waals surface area (Å²) in [4.78, 5) is 12.0. The van der Waals surface area contributed by atoms with Gasteiger partial charge in [0.2, 0.25) is 0 Å². The van der Waals surface area contributed by atoms with Crippen LogP contribution >= 0.6 is 22.6 Å². The molecular weight excluding hydrogens is 345 g/mol. The third-order valence-corrected chi connectivity index (χ3v) is 3.12. The van der Waals surface area contributed by atoms with Gasteiger partial charge in [-0.3, -0.25) is 9.48 Å². The Kier molecular flexibility index (Phi) is 3.55. The van der Waals surface area contributed by atoms with Crippen LogP contribution in [0, 0.1) is 10.5 Å². The number of aromatic nitrogens is 2. The van der Waals surface area contributed by atoms with Crippen LogP contribution in [-0.4, -0.2) is 20.8 Å². The minimum absolute atomic E-state index is 0.0354. The van der Waals surface area contributed by atoms with E-state index in [0.29, 0.717) is 5.82 Å². The van der Waals surface area contributed by atoms with E-state index in [-0.39, 0.29) is 17.2 Å². The highest BCUT2D eigenvalue weighted by atomic mass is 127. The molecule has 0 spiro atoms. The average Bonchev–Trinajstić information content (AvgIpc) is 2.61. The number of hydrogen-bond acceptors (Lipinski definition) is 3. The Labute approximate surface area is 118 Å². The number of carbonyl (C=O) groups excluding carboxylic acids is 1. The minimum atomic E-state index is -0.353. The lowest BCUT2D eigenvalue weighted by atomic mass is 10.2. The number of aromatic hydroxyl groups is 1. The Hall–Kier alpha value is -1.57. The monoisotopic (exact) mass is 357 g/mol. The predicted molar refractivity (Wildman–Crippen MR) is 76.7 cm³/mol. The molecule has 0 saturated carbocycles. The summed E-state index contributed by atoms with van der Waals surface area (Å²) < 4.78 is 2.47. The Balaban J connectivity index is 2.27. The molecule has 0 fully saturated rings. The summed E-state index contributed by atoms with van der Waals surface area (Å²) in [6, 6.07) is 6.64. The molecule has 6 heteroatoms. The molecule has 0 saturated heterocycles. The quantitative estimate of drug-likeness (QED) is 0.811. The van der Waals surface area contributed by atoms with Crippen molar-refractivity contribution in [2.45, 2.75) is 6.92 Å². The number of rotatable bonds is 2. The largest absolute Gasteiger partial charge is 0.507 e. The maximum Gasteiger partial charge on any atom is 0.260 e. The average molecular weight is 357 g/mol. The fraction of sp³-hybridized carbons (Fsp3) is 0.167. The van der Waals surface area contributed by atoms with Gasteiger partial charge in [0.1, 0.15) is 11.6 Å². The summed E-state index contributed by atoms with van der Waals surface area (Å²) in [6.07, 6.45) is 0. The van der Waals surface area contributed by atoms with Crippen LogP contribution in [0.25, 0.3) is 0 Å². The highest BCUT2D eigenvalue weighted by Gasteiger charge is 2.13. The van der Waals surface area contributed by atoms with Gasteiger partial charge in [0.15, 0.2) is 0 Å². The molecule has 94 valence electrons. The van der Waals surface area contributed by atoms with Crippen molar-refractivity contribution in [1.82, 2.24) is 9.78 Å². The highest BCUT2D eigenvalue weighted by Crippen LogP contribution is 2.21. The summed E-state index contributed by atoms with van der Waals surface area (Å²) in [5.74, 6) is 0.205. The maximum atomic E-state index is 12.0. The number of aryl methyl sites for hydroxylation is 2. The van der Waals surface area contributed by atoms with Crippen molar-refractivity contribution in [2.75, 3.05) is 5.32 Å². The van der Waals surface area contributed by atoms with E-state index in [4.69, 9.17) is 0 Å². The SMILES string of the molecule is Cc1cc(NC(=O)c2cc(I)ccc2O)n(C)n1. The molecule has 2 N–H and O–H groups in total. The molecule has 0 bridgehead atoms. The lowest BCUT2D eigenvalue weighted by Gasteiger charge is -2.07. The molecule has 1 heterocycles. The first kappa shape index (κ1) is 12.9. The molecule has 0 radical (unpaired) electrons. The van der Waals surface area contributed by atoms with Gasteiger partial charge in [0, 0.05) is 16.7 Å². The standard InChI is InChI=1S/C12H12IN3O2/c1-7-5-11(16(2)15-7)14-12(18)9-6-8(13)3-4-10(9)17/h3-6,17H,1-2H3,(H,14,18). The summed E-state index contributed by atoms with van der Waals surface area (Å²) in [7, 11) is 1.75. The van der Waals surface area contributed by atoms with Gasteiger partial charge in [-0.15, -0.1) is 0 Å². The molecule has 5 nitrogen and oxygen atoms in total. The van der Waals surface area contributed by atoms with Crippen molar-refractivity contribution in [3.63, 3.8) is 0 Å². The fourth-order valence-corrected chi connectivity index (χ4v) is 2.09. The summed E-state index contributed by atoms with van der Waals surface area (Å²) >= 11 is 2.09. The smallest absolute Gasteiger partial charge is 0.260 e. The van der Waals surface area contributed by atoms with E-state index in [1.54, 1.807) is 29.9 Å². The number of nitrogens with zero attached hydrogens (tertiary/aromatic N) is 2. The predicted octanol–water partition coefficient (Wildman–Crippen LogP) is 2.29. The Morgan fingerprint density at radius 1 is 1.44 bits per heavy atom. The minimum Gasteiger partial charge on any atom is -0.507 e. The molecule has 2 rings (SSSR count). The van der Waals surface area contributed by atoms with Crippen LogP contribution in [0.15, 0.2) is 24.3 Å². The summed E-state index contributed by atoms with van der Waals surface area (Å²) in [6.45, 7) is 1.85. The van der Waals surface area contributed by atoms with Gasteiger partial charge in [0.25, 0.3) is 5.91 Å². The van der Waals surface area contributed by atoms with Crippen LogP contribution in [0.4, 0.5) is 5.82 Å². The van der Waals surface area contributed by atoms with Crippen molar-refractivity contribution in [1.29, 1.82) is 0 Å². The van der Waals surface area contributed by atoms with Crippen molar-refractivity contribution in [3.05, 3.63) is 39.1 Å². The zero-order valence-corrected chi connectivity index (χ0v) is 12.1. The maximum absolute atomic E-state index is 12.0. The molecule has 1 aromatic heterocycles. The van der Waals surface area contributed by atoms with Crippen LogP contribution in [-0.2, 0) is 7.05 Å². The third-order valence-electron chi connectivity index (χ3n) is 2.45. The van der Waals surface area contributed by atoms with Gasteiger partial charge in [-0.1, -0.05) is 0 Å². The molecule has 18 heavy (non-hydrogen) atoms. The van der Waals surface area contributed by atoms with Crippen molar-refractivity contribution >= 4 is 34.3 Å². The Bertz CT molecular complexity index is 607. The van der Waals surface area contributed by atoms with Gasteiger partial charge in [-0.2, -0.15) is 5.10 Å². The summed E-state index contributed by atoms with van der Waals surface area (Å²) in [5.41, 5.74) is 1.07. The van der Waals surface area contributed by atoms with Gasteiger partial charge in [-0.25, -0.2) is 0 Å². The molecule has 2 aromatic rings. The lowest BCUT2D eigenvalue weighted by molar-refractivity contribution is 0.102. The van der Waals surface area contributed by atoms with E-state index in [2.05, 4.69) is 33.0 Å². The van der Waals surface area contributed by atoms with E-state index in [0.717, 1.165) is 9.26 Å². The zero-order valence-electron chi connectivity index (χ0n) is 9.94. The highest BCUT2D eigenvalue weighted by molar-refractivity contribution is 14.1. The van der Waals surface area contributed by atoms with Gasteiger partial charge < -0.3 is 10.4 Å². The van der Waals surface area contributed by atoms with E-state index >= 15 is 0 Å². The lowest BCUT2D eigenvalue weighted by Crippen LogP contribution is -2.14. The van der Waals surface area contributed by atoms with Crippen LogP contribution in [0.3, 0.4) is 0 Å². The Morgan fingerprint density at radius 2 is 2.17 bits per heavy atom. The zero-order chi connectivity index (χ0) is 13.3. The number of hydrogen-bond donors (Lipinski definition) is 2. The first-order valence-corrected chi connectivity index (χ1v) is 6.36. The number of phenols is 1. The molecule has 0 atom stereocenters. The fourth-order valence-electron chi connectivity index (χ4n) is 1.60. The van der Waals surface area contributed by atoms with E-state index < -0.39 is 0 Å². The molecular formula is C12H12IN3O2. The molecule has 1 amide bonds. The first-order chi connectivity index (χ1) is 8.47. The number of phenolic OH excluding ortho intramolecular Hbond substituents is 1. The second kappa shape index (κ2) is 4.97. The Morgan fingerprint density at radius 3 is 2.78 bits per heavy atom. The second-order valence-corrected chi connectivity index (χ2v) is 5.16. The number of amides is 1. The molecule has 0 aliphatic rings. The van der Waals surface area contributed by atoms with Gasteiger partial charge in [-0.05, 0) is 47.7 Å². The van der Waals surface area contributed by atoms with E-state index in [9.17, 15) is 9.90 Å². The van der Waals surface area contributed by atoms with Gasteiger partial charge in [0.05, 0.1) is 11.3 Å². The first-order valence-electron chi connectivity index (χ1n) is 5.28. The number of halogens is 1. The number of carbonyl (C=O) groups is 1. The topological polar surface area (TPSA) is 67.2 Å². The van der Waals surface area contributed by atoms with Gasteiger partial charge >= 0.3 is 0 Å². The van der Waals surface area contributed by atoms with Crippen molar-refractivity contribution < 1.29 is 9.90 Å². The van der Waals surface area contributed by atoms with E-state index in [1.165, 1.54) is 6.07 Å². The second-order valence-electron chi connectivity index (χ2n) is 3.91. The van der Waals surface area contributed by atoms with Crippen molar-refractivity contribution in [3.8, 4) is 5.75 Å². The molecule has 0 unspecified atom stereocenters. The number of nitrogens with one attached hydrogen (secondary N) is 1. The van der Waals surface area contributed by atoms with Crippen LogP contribution in [0.2, 0.25) is 0 Å². The molecule has 0 aliphatic heterocycles. The van der Waals surface area contributed by atoms with E-state index in [1.807, 2.05) is 6.92 Å². The third kappa shape index (κ3) is 2.63. The van der Waals surface area contributed by atoms with Crippen LogP contribution in [0.5, 0.6) is 5.75 Å². The van der Waals surface area contributed by atoms with Crippen molar-refractivity contribution in [2.24, 2.45) is 7.05 Å². The normalized spacial score (nSPS) is 10.4. The number of benzene rings is 1. The number of anilines is 1. The van der Waals surface area contributed by atoms with Crippen LogP contribution < -0.4 is 5.32 Å².